The third kappa shape index (κ3) is 4.73. The van der Waals surface area contributed by atoms with E-state index in [2.05, 4.69) is 20.7 Å². The fourth-order valence-electron chi connectivity index (χ4n) is 2.13. The van der Waals surface area contributed by atoms with Crippen LogP contribution in [0.4, 0.5) is 5.69 Å². The lowest BCUT2D eigenvalue weighted by Gasteiger charge is -2.23. The van der Waals surface area contributed by atoms with Crippen LogP contribution in [0.1, 0.15) is 6.92 Å². The number of nitrogens with zero attached hydrogens (tertiary/aromatic N) is 1. The van der Waals surface area contributed by atoms with Crippen LogP contribution in [0.25, 0.3) is 0 Å². The van der Waals surface area contributed by atoms with Crippen molar-refractivity contribution in [3.8, 4) is 5.75 Å². The van der Waals surface area contributed by atoms with E-state index in [1.54, 1.807) is 36.4 Å². The molecule has 0 aromatic heterocycles. The highest BCUT2D eigenvalue weighted by Crippen LogP contribution is 2.27. The molecule has 134 valence electrons. The van der Waals surface area contributed by atoms with E-state index in [0.717, 1.165) is 4.31 Å². The molecule has 2 aromatic carbocycles. The third-order valence-corrected chi connectivity index (χ3v) is 5.60. The van der Waals surface area contributed by atoms with E-state index in [1.807, 2.05) is 6.92 Å². The summed E-state index contributed by atoms with van der Waals surface area (Å²) >= 11 is 3.31. The van der Waals surface area contributed by atoms with Gasteiger partial charge in [0.15, 0.2) is 0 Å². The number of ether oxygens (including phenoxy) is 2. The molecule has 2 rings (SSSR count). The number of hydrogen-bond acceptors (Lipinski definition) is 5. The maximum atomic E-state index is 13.0. The SMILES string of the molecule is CCOc1ccc(S(=O)(=O)N(CC(=O)OC)c2cccc(Br)c2)cc1. The lowest BCUT2D eigenvalue weighted by atomic mass is 10.3. The molecule has 0 saturated carbocycles. The van der Waals surface area contributed by atoms with Gasteiger partial charge in [0.25, 0.3) is 10.0 Å². The standard InChI is InChI=1S/C17H18BrNO5S/c1-3-24-15-7-9-16(10-8-15)25(21,22)19(12-17(20)23-2)14-6-4-5-13(18)11-14/h4-11H,3,12H2,1-2H3. The lowest BCUT2D eigenvalue weighted by molar-refractivity contribution is -0.138. The van der Waals surface area contributed by atoms with Crippen LogP contribution in [-0.4, -0.2) is 34.6 Å². The number of carbonyl (C=O) groups excluding carboxylic acids is 1. The third-order valence-electron chi connectivity index (χ3n) is 3.32. The van der Waals surface area contributed by atoms with Crippen LogP contribution in [0.15, 0.2) is 57.9 Å². The Morgan fingerprint density at radius 1 is 1.16 bits per heavy atom. The quantitative estimate of drug-likeness (QED) is 0.634. The molecule has 6 nitrogen and oxygen atoms in total. The number of sulfonamides is 1. The number of rotatable bonds is 7. The van der Waals surface area contributed by atoms with Crippen LogP contribution in [0.3, 0.4) is 0 Å². The second-order valence-corrected chi connectivity index (χ2v) is 7.75. The van der Waals surface area contributed by atoms with E-state index in [0.29, 0.717) is 22.5 Å². The highest BCUT2D eigenvalue weighted by atomic mass is 79.9. The van der Waals surface area contributed by atoms with Crippen molar-refractivity contribution >= 4 is 37.6 Å². The van der Waals surface area contributed by atoms with Crippen molar-refractivity contribution in [1.29, 1.82) is 0 Å². The molecule has 0 aliphatic rings. The Balaban J connectivity index is 2.45. The van der Waals surface area contributed by atoms with Crippen molar-refractivity contribution in [2.24, 2.45) is 0 Å². The molecule has 2 aromatic rings. The minimum Gasteiger partial charge on any atom is -0.494 e. The zero-order chi connectivity index (χ0) is 18.4. The zero-order valence-electron chi connectivity index (χ0n) is 13.8. The van der Waals surface area contributed by atoms with Gasteiger partial charge in [0.05, 0.1) is 24.3 Å². The molecule has 0 fully saturated rings. The summed E-state index contributed by atoms with van der Waals surface area (Å²) in [7, 11) is -2.74. The van der Waals surface area contributed by atoms with E-state index in [-0.39, 0.29) is 4.90 Å². The van der Waals surface area contributed by atoms with Crippen LogP contribution in [0, 0.1) is 0 Å². The Labute approximate surface area is 155 Å². The maximum absolute atomic E-state index is 13.0. The minimum atomic E-state index is -3.95. The Hall–Kier alpha value is -2.06. The minimum absolute atomic E-state index is 0.0554. The second-order valence-electron chi connectivity index (χ2n) is 4.97. The molecule has 0 radical (unpaired) electrons. The van der Waals surface area contributed by atoms with Gasteiger partial charge in [-0.15, -0.1) is 0 Å². The van der Waals surface area contributed by atoms with Gasteiger partial charge in [0.2, 0.25) is 0 Å². The van der Waals surface area contributed by atoms with Crippen molar-refractivity contribution in [2.45, 2.75) is 11.8 Å². The first-order valence-electron chi connectivity index (χ1n) is 7.46. The van der Waals surface area contributed by atoms with Crippen LogP contribution in [-0.2, 0) is 19.6 Å². The molecule has 0 aliphatic heterocycles. The van der Waals surface area contributed by atoms with Gasteiger partial charge in [-0.2, -0.15) is 0 Å². The predicted molar refractivity (Wildman–Crippen MR) is 98.3 cm³/mol. The molecule has 0 aliphatic carbocycles. The van der Waals surface area contributed by atoms with Gasteiger partial charge in [0.1, 0.15) is 12.3 Å². The molecule has 0 N–H and O–H groups in total. The fourth-order valence-corrected chi connectivity index (χ4v) is 3.92. The Morgan fingerprint density at radius 2 is 1.84 bits per heavy atom. The van der Waals surface area contributed by atoms with E-state index < -0.39 is 22.5 Å². The van der Waals surface area contributed by atoms with Gasteiger partial charge in [-0.05, 0) is 49.4 Å². The summed E-state index contributed by atoms with van der Waals surface area (Å²) in [5.74, 6) is -0.0853. The van der Waals surface area contributed by atoms with Crippen molar-refractivity contribution in [3.63, 3.8) is 0 Å². The molecular weight excluding hydrogens is 410 g/mol. The molecule has 0 spiro atoms. The molecule has 0 saturated heterocycles. The van der Waals surface area contributed by atoms with Crippen molar-refractivity contribution < 1.29 is 22.7 Å². The van der Waals surface area contributed by atoms with Gasteiger partial charge >= 0.3 is 5.97 Å². The normalized spacial score (nSPS) is 11.0. The summed E-state index contributed by atoms with van der Waals surface area (Å²) in [4.78, 5) is 11.8. The number of methoxy groups -OCH3 is 1. The van der Waals surface area contributed by atoms with Gasteiger partial charge < -0.3 is 9.47 Å². The molecular formula is C17H18BrNO5S. The maximum Gasteiger partial charge on any atom is 0.326 e. The zero-order valence-corrected chi connectivity index (χ0v) is 16.2. The number of halogens is 1. The summed E-state index contributed by atoms with van der Waals surface area (Å²) < 4.78 is 37.7. The van der Waals surface area contributed by atoms with Crippen molar-refractivity contribution in [1.82, 2.24) is 0 Å². The predicted octanol–water partition coefficient (Wildman–Crippen LogP) is 3.22. The van der Waals surface area contributed by atoms with Crippen LogP contribution in [0.2, 0.25) is 0 Å². The van der Waals surface area contributed by atoms with E-state index >= 15 is 0 Å². The summed E-state index contributed by atoms with van der Waals surface area (Å²) in [5.41, 5.74) is 0.355. The Kier molecular flexibility index (Phi) is 6.44. The van der Waals surface area contributed by atoms with E-state index in [4.69, 9.17) is 4.74 Å². The molecule has 8 heteroatoms. The Morgan fingerprint density at radius 3 is 2.40 bits per heavy atom. The monoisotopic (exact) mass is 427 g/mol. The van der Waals surface area contributed by atoms with Crippen LogP contribution in [0.5, 0.6) is 5.75 Å². The highest BCUT2D eigenvalue weighted by molar-refractivity contribution is 9.10. The largest absolute Gasteiger partial charge is 0.494 e. The average molecular weight is 428 g/mol. The average Bonchev–Trinajstić information content (AvgIpc) is 2.60. The molecule has 0 atom stereocenters. The van der Waals surface area contributed by atoms with Gasteiger partial charge in [-0.25, -0.2) is 8.42 Å². The van der Waals surface area contributed by atoms with Crippen molar-refractivity contribution in [3.05, 3.63) is 53.0 Å². The summed E-state index contributed by atoms with van der Waals surface area (Å²) in [6.45, 7) is 1.90. The first-order valence-corrected chi connectivity index (χ1v) is 9.69. The number of benzene rings is 2. The van der Waals surface area contributed by atoms with Crippen LogP contribution >= 0.6 is 15.9 Å². The Bertz CT molecular complexity index is 836. The molecule has 25 heavy (non-hydrogen) atoms. The number of hydrogen-bond donors (Lipinski definition) is 0. The first-order chi connectivity index (χ1) is 11.9. The molecule has 0 bridgehead atoms. The number of esters is 1. The smallest absolute Gasteiger partial charge is 0.326 e. The van der Waals surface area contributed by atoms with E-state index in [9.17, 15) is 13.2 Å². The van der Waals surface area contributed by atoms with Crippen molar-refractivity contribution in [2.75, 3.05) is 24.6 Å². The fraction of sp³-hybridized carbons (Fsp3) is 0.235. The summed E-state index contributed by atoms with van der Waals surface area (Å²) in [6, 6.07) is 12.7. The second kappa shape index (κ2) is 8.35. The lowest BCUT2D eigenvalue weighted by Crippen LogP contribution is -2.36. The number of anilines is 1. The van der Waals surface area contributed by atoms with Gasteiger partial charge in [0, 0.05) is 4.47 Å². The molecule has 0 heterocycles. The topological polar surface area (TPSA) is 72.9 Å². The molecule has 0 amide bonds. The van der Waals surface area contributed by atoms with Gasteiger partial charge in [-0.3, -0.25) is 9.10 Å². The van der Waals surface area contributed by atoms with Gasteiger partial charge in [-0.1, -0.05) is 22.0 Å². The van der Waals surface area contributed by atoms with E-state index in [1.165, 1.54) is 19.2 Å². The number of carbonyl (C=O) groups is 1. The highest BCUT2D eigenvalue weighted by Gasteiger charge is 2.27. The first kappa shape index (κ1) is 19.3. The van der Waals surface area contributed by atoms with Crippen LogP contribution < -0.4 is 9.04 Å². The molecule has 0 unspecified atom stereocenters. The summed E-state index contributed by atoms with van der Waals surface area (Å²) in [5, 5.41) is 0. The summed E-state index contributed by atoms with van der Waals surface area (Å²) in [6.07, 6.45) is 0.